The number of halogens is 1. The van der Waals surface area contributed by atoms with Crippen molar-refractivity contribution in [2.45, 2.75) is 11.8 Å². The summed E-state index contributed by atoms with van der Waals surface area (Å²) in [6.07, 6.45) is 0. The van der Waals surface area contributed by atoms with Gasteiger partial charge in [-0.25, -0.2) is 0 Å². The lowest BCUT2D eigenvalue weighted by Crippen LogP contribution is -1.92. The monoisotopic (exact) mass is 217 g/mol. The molecule has 0 radical (unpaired) electrons. The Kier molecular flexibility index (Phi) is 4.42. The summed E-state index contributed by atoms with van der Waals surface area (Å²) in [6.45, 7) is 2.69. The van der Waals surface area contributed by atoms with Crippen LogP contribution in [0.15, 0.2) is 23.1 Å². The van der Waals surface area contributed by atoms with Crippen LogP contribution in [0.2, 0.25) is 5.02 Å². The fourth-order valence-electron chi connectivity index (χ4n) is 0.839. The van der Waals surface area contributed by atoms with E-state index in [-0.39, 0.29) is 0 Å². The Labute approximate surface area is 87.4 Å². The molecule has 0 spiro atoms. The van der Waals surface area contributed by atoms with Gasteiger partial charge in [-0.05, 0) is 25.1 Å². The van der Waals surface area contributed by atoms with Crippen molar-refractivity contribution in [2.24, 2.45) is 0 Å². The normalized spacial score (nSPS) is 10.3. The van der Waals surface area contributed by atoms with Gasteiger partial charge in [0.2, 0.25) is 0 Å². The summed E-state index contributed by atoms with van der Waals surface area (Å²) < 4.78 is 5.20. The molecule has 4 heteroatoms. The first-order valence-corrected chi connectivity index (χ1v) is 5.36. The molecule has 0 heterocycles. The Morgan fingerprint density at radius 3 is 2.92 bits per heavy atom. The molecular formula is C9H12ClNOS. The number of rotatable bonds is 4. The van der Waals surface area contributed by atoms with Crippen LogP contribution in [0.1, 0.15) is 6.92 Å². The van der Waals surface area contributed by atoms with Crippen LogP contribution in [0.25, 0.3) is 0 Å². The van der Waals surface area contributed by atoms with Crippen LogP contribution >= 0.6 is 23.4 Å². The van der Waals surface area contributed by atoms with Crippen LogP contribution in [0.3, 0.4) is 0 Å². The zero-order valence-corrected chi connectivity index (χ0v) is 8.99. The summed E-state index contributed by atoms with van der Waals surface area (Å²) in [5.41, 5.74) is 6.45. The van der Waals surface area contributed by atoms with E-state index in [0.717, 1.165) is 11.5 Å². The molecule has 1 aromatic rings. The fourth-order valence-corrected chi connectivity index (χ4v) is 1.79. The summed E-state index contributed by atoms with van der Waals surface area (Å²) in [7, 11) is 0. The van der Waals surface area contributed by atoms with Crippen LogP contribution in [0, 0.1) is 0 Å². The van der Waals surface area contributed by atoms with Crippen LogP contribution in [0.4, 0.5) is 5.69 Å². The van der Waals surface area contributed by atoms with Gasteiger partial charge in [0.25, 0.3) is 0 Å². The first-order chi connectivity index (χ1) is 6.24. The average molecular weight is 218 g/mol. The maximum absolute atomic E-state index is 5.76. The van der Waals surface area contributed by atoms with E-state index in [0.29, 0.717) is 16.6 Å². The van der Waals surface area contributed by atoms with Crippen LogP contribution in [0.5, 0.6) is 0 Å². The third-order valence-electron chi connectivity index (χ3n) is 1.47. The van der Waals surface area contributed by atoms with E-state index in [2.05, 4.69) is 0 Å². The maximum Gasteiger partial charge on any atom is 0.0967 e. The molecular weight excluding hydrogens is 206 g/mol. The van der Waals surface area contributed by atoms with Gasteiger partial charge in [-0.2, -0.15) is 0 Å². The molecule has 13 heavy (non-hydrogen) atoms. The maximum atomic E-state index is 5.76. The standard InChI is InChI=1S/C9H12ClNOS/c1-2-12-6-13-9-4-3-7(10)5-8(9)11/h3-5H,2,6,11H2,1H3. The van der Waals surface area contributed by atoms with Gasteiger partial charge >= 0.3 is 0 Å². The van der Waals surface area contributed by atoms with Gasteiger partial charge in [0.05, 0.1) is 5.94 Å². The van der Waals surface area contributed by atoms with Crippen molar-refractivity contribution in [3.63, 3.8) is 0 Å². The molecule has 0 unspecified atom stereocenters. The minimum Gasteiger partial charge on any atom is -0.398 e. The molecule has 0 saturated carbocycles. The largest absolute Gasteiger partial charge is 0.398 e. The molecule has 0 atom stereocenters. The second-order valence-electron chi connectivity index (χ2n) is 2.44. The average Bonchev–Trinajstić information content (AvgIpc) is 2.09. The lowest BCUT2D eigenvalue weighted by atomic mass is 10.3. The summed E-state index contributed by atoms with van der Waals surface area (Å²) in [6, 6.07) is 5.48. The SMILES string of the molecule is CCOCSc1ccc(Cl)cc1N. The Bertz CT molecular complexity index is 280. The molecule has 0 aliphatic rings. The van der Waals surface area contributed by atoms with E-state index in [1.807, 2.05) is 19.1 Å². The highest BCUT2D eigenvalue weighted by Crippen LogP contribution is 2.27. The zero-order valence-electron chi connectivity index (χ0n) is 7.42. The molecule has 1 aromatic carbocycles. The number of hydrogen-bond acceptors (Lipinski definition) is 3. The number of nitrogen functional groups attached to an aromatic ring is 1. The highest BCUT2D eigenvalue weighted by molar-refractivity contribution is 7.99. The Morgan fingerprint density at radius 1 is 1.54 bits per heavy atom. The third kappa shape index (κ3) is 3.46. The molecule has 1 rings (SSSR count). The zero-order chi connectivity index (χ0) is 9.68. The molecule has 0 aromatic heterocycles. The predicted molar refractivity (Wildman–Crippen MR) is 58.2 cm³/mol. The van der Waals surface area contributed by atoms with Crippen molar-refractivity contribution in [3.8, 4) is 0 Å². The Morgan fingerprint density at radius 2 is 2.31 bits per heavy atom. The van der Waals surface area contributed by atoms with E-state index >= 15 is 0 Å². The molecule has 0 fully saturated rings. The van der Waals surface area contributed by atoms with Crippen molar-refractivity contribution in [3.05, 3.63) is 23.2 Å². The minimum absolute atomic E-state index is 0.627. The minimum atomic E-state index is 0.627. The fraction of sp³-hybridized carbons (Fsp3) is 0.333. The third-order valence-corrected chi connectivity index (χ3v) is 2.68. The van der Waals surface area contributed by atoms with E-state index in [1.165, 1.54) is 0 Å². The first-order valence-electron chi connectivity index (χ1n) is 3.99. The number of benzene rings is 1. The van der Waals surface area contributed by atoms with E-state index < -0.39 is 0 Å². The molecule has 0 aliphatic carbocycles. The topological polar surface area (TPSA) is 35.2 Å². The smallest absolute Gasteiger partial charge is 0.0967 e. The quantitative estimate of drug-likeness (QED) is 0.365. The van der Waals surface area contributed by atoms with Crippen molar-refractivity contribution in [1.29, 1.82) is 0 Å². The molecule has 72 valence electrons. The van der Waals surface area contributed by atoms with Crippen LogP contribution in [-0.4, -0.2) is 12.5 Å². The predicted octanol–water partition coefficient (Wildman–Crippen LogP) is 3.01. The number of ether oxygens (including phenoxy) is 1. The molecule has 0 bridgehead atoms. The summed E-state index contributed by atoms with van der Waals surface area (Å²) in [4.78, 5) is 1.01. The lowest BCUT2D eigenvalue weighted by Gasteiger charge is -2.05. The number of nitrogens with two attached hydrogens (primary N) is 1. The Balaban J connectivity index is 2.56. The molecule has 0 amide bonds. The van der Waals surface area contributed by atoms with Crippen LogP contribution < -0.4 is 5.73 Å². The number of anilines is 1. The first kappa shape index (κ1) is 10.7. The highest BCUT2D eigenvalue weighted by atomic mass is 35.5. The summed E-state index contributed by atoms with van der Waals surface area (Å²) in [5.74, 6) is 0.627. The van der Waals surface area contributed by atoms with E-state index in [9.17, 15) is 0 Å². The van der Waals surface area contributed by atoms with Gasteiger partial charge in [0.15, 0.2) is 0 Å². The van der Waals surface area contributed by atoms with Crippen molar-refractivity contribution < 1.29 is 4.74 Å². The number of hydrogen-bond donors (Lipinski definition) is 1. The van der Waals surface area contributed by atoms with E-state index in [4.69, 9.17) is 22.1 Å². The van der Waals surface area contributed by atoms with Gasteiger partial charge < -0.3 is 10.5 Å². The number of thioether (sulfide) groups is 1. The van der Waals surface area contributed by atoms with Crippen molar-refractivity contribution >= 4 is 29.1 Å². The summed E-state index contributed by atoms with van der Waals surface area (Å²) in [5, 5.41) is 0.665. The second kappa shape index (κ2) is 5.37. The van der Waals surface area contributed by atoms with Crippen molar-refractivity contribution in [2.75, 3.05) is 18.3 Å². The molecule has 0 aliphatic heterocycles. The second-order valence-corrected chi connectivity index (χ2v) is 3.84. The van der Waals surface area contributed by atoms with Gasteiger partial charge in [-0.1, -0.05) is 23.4 Å². The van der Waals surface area contributed by atoms with Gasteiger partial charge in [-0.3, -0.25) is 0 Å². The molecule has 0 saturated heterocycles. The van der Waals surface area contributed by atoms with Gasteiger partial charge in [-0.15, -0.1) is 0 Å². The Hall–Kier alpha value is -0.380. The summed E-state index contributed by atoms with van der Waals surface area (Å²) >= 11 is 7.33. The molecule has 2 N–H and O–H groups in total. The lowest BCUT2D eigenvalue weighted by molar-refractivity contribution is 0.199. The van der Waals surface area contributed by atoms with Crippen LogP contribution in [-0.2, 0) is 4.74 Å². The van der Waals surface area contributed by atoms with Gasteiger partial charge in [0, 0.05) is 22.2 Å². The molecule has 2 nitrogen and oxygen atoms in total. The van der Waals surface area contributed by atoms with Gasteiger partial charge in [0.1, 0.15) is 0 Å². The van der Waals surface area contributed by atoms with Crippen molar-refractivity contribution in [1.82, 2.24) is 0 Å². The van der Waals surface area contributed by atoms with E-state index in [1.54, 1.807) is 17.8 Å². The highest BCUT2D eigenvalue weighted by Gasteiger charge is 1.99.